The number of carbonyl (C=O) groups is 2. The molecule has 0 radical (unpaired) electrons. The Morgan fingerprint density at radius 2 is 1.80 bits per heavy atom. The SMILES string of the molecule is Cc1cccn2c(=O)c(C=C3SC(=S)N(CCCCCC(=O)O)C3=O)c(N3CCN(c4ccccc4F)CC3)nc12. The summed E-state index contributed by atoms with van der Waals surface area (Å²) in [4.78, 5) is 48.6. The van der Waals surface area contributed by atoms with Crippen LogP contribution in [0.3, 0.4) is 0 Å². The topological polar surface area (TPSA) is 98.5 Å². The van der Waals surface area contributed by atoms with Crippen molar-refractivity contribution in [3.8, 4) is 0 Å². The van der Waals surface area contributed by atoms with Crippen LogP contribution in [-0.4, -0.2) is 68.3 Å². The number of anilines is 2. The molecule has 2 saturated heterocycles. The first kappa shape index (κ1) is 28.7. The van der Waals surface area contributed by atoms with E-state index >= 15 is 0 Å². The number of pyridine rings is 1. The number of unbranched alkanes of at least 4 members (excludes halogenated alkanes) is 2. The van der Waals surface area contributed by atoms with Gasteiger partial charge in [0.25, 0.3) is 11.5 Å². The van der Waals surface area contributed by atoms with E-state index in [4.69, 9.17) is 22.3 Å². The lowest BCUT2D eigenvalue weighted by atomic mass is 10.1. The maximum absolute atomic E-state index is 14.4. The number of amides is 1. The Kier molecular flexibility index (Phi) is 8.69. The molecular formula is C29H30FN5O4S2. The zero-order chi connectivity index (χ0) is 29.1. The van der Waals surface area contributed by atoms with Crippen LogP contribution in [0.2, 0.25) is 0 Å². The van der Waals surface area contributed by atoms with Gasteiger partial charge in [-0.15, -0.1) is 0 Å². The molecule has 0 atom stereocenters. The minimum Gasteiger partial charge on any atom is -0.481 e. The Balaban J connectivity index is 1.43. The average Bonchev–Trinajstić information content (AvgIpc) is 3.22. The van der Waals surface area contributed by atoms with Gasteiger partial charge in [-0.2, -0.15) is 0 Å². The number of hydrogen-bond donors (Lipinski definition) is 1. The number of thioether (sulfide) groups is 1. The summed E-state index contributed by atoms with van der Waals surface area (Å²) in [6.45, 7) is 4.39. The van der Waals surface area contributed by atoms with Crippen molar-refractivity contribution in [2.24, 2.45) is 0 Å². The summed E-state index contributed by atoms with van der Waals surface area (Å²) >= 11 is 6.62. The fourth-order valence-corrected chi connectivity index (χ4v) is 6.37. The standard InChI is InChI=1S/C29H30FN5O4S2/c1-19-8-7-13-34-25(19)31-26(33-16-14-32(15-17-33)22-10-5-4-9-21(22)30)20(27(34)38)18-23-28(39)35(29(40)41-23)12-6-2-3-11-24(36)37/h4-5,7-10,13,18H,2-3,6,11-12,14-17H2,1H3,(H,36,37). The van der Waals surface area contributed by atoms with Crippen LogP contribution < -0.4 is 15.4 Å². The predicted molar refractivity (Wildman–Crippen MR) is 163 cm³/mol. The average molecular weight is 596 g/mol. The van der Waals surface area contributed by atoms with Crippen molar-refractivity contribution in [2.45, 2.75) is 32.6 Å². The van der Waals surface area contributed by atoms with Gasteiger partial charge in [-0.3, -0.25) is 23.7 Å². The van der Waals surface area contributed by atoms with E-state index < -0.39 is 5.97 Å². The molecule has 3 aromatic rings. The normalized spacial score (nSPS) is 16.8. The quantitative estimate of drug-likeness (QED) is 0.220. The van der Waals surface area contributed by atoms with Crippen LogP contribution in [0.1, 0.15) is 36.8 Å². The van der Waals surface area contributed by atoms with Gasteiger partial charge in [-0.25, -0.2) is 9.37 Å². The molecule has 2 fully saturated rings. The first-order chi connectivity index (χ1) is 19.7. The van der Waals surface area contributed by atoms with E-state index in [1.54, 1.807) is 30.5 Å². The number of carboxylic acid groups (broad SMARTS) is 1. The number of aliphatic carboxylic acids is 1. The highest BCUT2D eigenvalue weighted by Crippen LogP contribution is 2.34. The second-order valence-corrected chi connectivity index (χ2v) is 11.7. The summed E-state index contributed by atoms with van der Waals surface area (Å²) in [5.74, 6) is -0.907. The number of piperazine rings is 1. The molecule has 41 heavy (non-hydrogen) atoms. The predicted octanol–water partition coefficient (Wildman–Crippen LogP) is 4.31. The third kappa shape index (κ3) is 6.13. The van der Waals surface area contributed by atoms with E-state index in [0.717, 1.165) is 17.3 Å². The summed E-state index contributed by atoms with van der Waals surface area (Å²) in [5, 5.41) is 8.83. The van der Waals surface area contributed by atoms with Gasteiger partial charge in [-0.05, 0) is 49.6 Å². The van der Waals surface area contributed by atoms with Gasteiger partial charge in [-0.1, -0.05) is 48.6 Å². The van der Waals surface area contributed by atoms with Gasteiger partial charge in [0.2, 0.25) is 0 Å². The first-order valence-corrected chi connectivity index (χ1v) is 14.7. The number of carboxylic acids is 1. The molecule has 0 saturated carbocycles. The van der Waals surface area contributed by atoms with Crippen molar-refractivity contribution >= 4 is 63.4 Å². The molecule has 2 aliphatic rings. The Morgan fingerprint density at radius 3 is 2.54 bits per heavy atom. The summed E-state index contributed by atoms with van der Waals surface area (Å²) in [5.41, 5.74) is 1.94. The first-order valence-electron chi connectivity index (χ1n) is 13.5. The Morgan fingerprint density at radius 1 is 1.07 bits per heavy atom. The van der Waals surface area contributed by atoms with Crippen molar-refractivity contribution in [1.82, 2.24) is 14.3 Å². The van der Waals surface area contributed by atoms with Crippen molar-refractivity contribution in [2.75, 3.05) is 42.5 Å². The molecule has 0 bridgehead atoms. The van der Waals surface area contributed by atoms with Gasteiger partial charge in [0, 0.05) is 45.3 Å². The number of carbonyl (C=O) groups excluding carboxylic acids is 1. The number of rotatable bonds is 9. The molecule has 4 heterocycles. The Hall–Kier alpha value is -3.77. The van der Waals surface area contributed by atoms with E-state index in [-0.39, 0.29) is 23.7 Å². The molecular weight excluding hydrogens is 565 g/mol. The lowest BCUT2D eigenvalue weighted by molar-refractivity contribution is -0.137. The molecule has 0 aliphatic carbocycles. The molecule has 0 unspecified atom stereocenters. The van der Waals surface area contributed by atoms with E-state index in [9.17, 15) is 18.8 Å². The van der Waals surface area contributed by atoms with Crippen LogP contribution in [0.25, 0.3) is 11.7 Å². The van der Waals surface area contributed by atoms with E-state index in [0.29, 0.717) is 83.9 Å². The van der Waals surface area contributed by atoms with Crippen LogP contribution in [0.4, 0.5) is 15.9 Å². The molecule has 1 amide bonds. The summed E-state index contributed by atoms with van der Waals surface area (Å²) in [7, 11) is 0. The number of benzene rings is 1. The number of aryl methyl sites for hydroxylation is 1. The van der Waals surface area contributed by atoms with Gasteiger partial charge in [0.1, 0.15) is 21.6 Å². The van der Waals surface area contributed by atoms with Gasteiger partial charge in [0.05, 0.1) is 16.2 Å². The second-order valence-electron chi connectivity index (χ2n) is 10.0. The maximum Gasteiger partial charge on any atom is 0.303 e. The molecule has 0 spiro atoms. The van der Waals surface area contributed by atoms with E-state index in [2.05, 4.69) is 0 Å². The number of halogens is 1. The molecule has 2 aromatic heterocycles. The third-order valence-electron chi connectivity index (χ3n) is 7.26. The highest BCUT2D eigenvalue weighted by atomic mass is 32.2. The van der Waals surface area contributed by atoms with Crippen molar-refractivity contribution in [3.63, 3.8) is 0 Å². The minimum absolute atomic E-state index is 0.0913. The highest BCUT2D eigenvalue weighted by molar-refractivity contribution is 8.26. The number of aromatic nitrogens is 2. The number of fused-ring (bicyclic) bond motifs is 1. The van der Waals surface area contributed by atoms with Gasteiger partial charge < -0.3 is 14.9 Å². The molecule has 5 rings (SSSR count). The molecule has 2 aliphatic heterocycles. The molecule has 9 nitrogen and oxygen atoms in total. The zero-order valence-corrected chi connectivity index (χ0v) is 24.2. The lowest BCUT2D eigenvalue weighted by Crippen LogP contribution is -2.47. The highest BCUT2D eigenvalue weighted by Gasteiger charge is 2.33. The van der Waals surface area contributed by atoms with Crippen LogP contribution in [0.15, 0.2) is 52.3 Å². The number of hydrogen-bond acceptors (Lipinski definition) is 8. The van der Waals surface area contributed by atoms with Crippen molar-refractivity contribution in [3.05, 3.63) is 74.8 Å². The van der Waals surface area contributed by atoms with Crippen molar-refractivity contribution in [1.29, 1.82) is 0 Å². The van der Waals surface area contributed by atoms with Crippen LogP contribution in [0.5, 0.6) is 0 Å². The summed E-state index contributed by atoms with van der Waals surface area (Å²) < 4.78 is 16.3. The maximum atomic E-state index is 14.4. The fourth-order valence-electron chi connectivity index (χ4n) is 5.08. The molecule has 1 N–H and O–H groups in total. The van der Waals surface area contributed by atoms with Crippen LogP contribution in [-0.2, 0) is 9.59 Å². The van der Waals surface area contributed by atoms with Crippen molar-refractivity contribution < 1.29 is 19.1 Å². The fraction of sp³-hybridized carbons (Fsp3) is 0.345. The van der Waals surface area contributed by atoms with Crippen LogP contribution in [0, 0.1) is 12.7 Å². The Labute approximate surface area is 246 Å². The van der Waals surface area contributed by atoms with Gasteiger partial charge >= 0.3 is 5.97 Å². The van der Waals surface area contributed by atoms with Gasteiger partial charge in [0.15, 0.2) is 0 Å². The largest absolute Gasteiger partial charge is 0.481 e. The zero-order valence-electron chi connectivity index (χ0n) is 22.6. The second kappa shape index (κ2) is 12.4. The Bertz CT molecular complexity index is 1600. The summed E-state index contributed by atoms with van der Waals surface area (Å²) in [6.07, 6.45) is 5.18. The lowest BCUT2D eigenvalue weighted by Gasteiger charge is -2.37. The van der Waals surface area contributed by atoms with E-state index in [1.807, 2.05) is 28.9 Å². The minimum atomic E-state index is -0.839. The number of nitrogens with zero attached hydrogens (tertiary/aromatic N) is 5. The number of para-hydroxylation sites is 1. The number of thiocarbonyl (C=S) groups is 1. The van der Waals surface area contributed by atoms with Crippen LogP contribution >= 0.6 is 24.0 Å². The molecule has 214 valence electrons. The third-order valence-corrected chi connectivity index (χ3v) is 8.64. The van der Waals surface area contributed by atoms with E-state index in [1.165, 1.54) is 15.4 Å². The smallest absolute Gasteiger partial charge is 0.303 e. The summed E-state index contributed by atoms with van der Waals surface area (Å²) in [6, 6.07) is 10.4. The molecule has 12 heteroatoms. The monoisotopic (exact) mass is 595 g/mol. The molecule has 1 aromatic carbocycles.